The normalized spacial score (nSPS) is 11.0. The third kappa shape index (κ3) is 3.96. The van der Waals surface area contributed by atoms with Gasteiger partial charge in [0.05, 0.1) is 31.2 Å². The molecular formula is C12H14N4O4S. The number of imidazole rings is 1. The number of primary amides is 1. The number of aromatic nitrogens is 2. The number of H-pyrrole nitrogens is 1. The van der Waals surface area contributed by atoms with Crippen molar-refractivity contribution in [2.45, 2.75) is 11.4 Å². The lowest BCUT2D eigenvalue weighted by Gasteiger charge is -2.12. The van der Waals surface area contributed by atoms with Gasteiger partial charge in [-0.1, -0.05) is 12.1 Å². The van der Waals surface area contributed by atoms with Gasteiger partial charge >= 0.3 is 0 Å². The minimum Gasteiger partial charge on any atom is -0.491 e. The van der Waals surface area contributed by atoms with Gasteiger partial charge in [-0.3, -0.25) is 9.52 Å². The first-order valence-electron chi connectivity index (χ1n) is 6.00. The molecule has 0 saturated heterocycles. The van der Waals surface area contributed by atoms with Crippen LogP contribution >= 0.6 is 0 Å². The van der Waals surface area contributed by atoms with Crippen molar-refractivity contribution in [3.8, 4) is 5.75 Å². The molecule has 1 heterocycles. The van der Waals surface area contributed by atoms with E-state index in [4.69, 9.17) is 10.5 Å². The largest absolute Gasteiger partial charge is 0.491 e. The van der Waals surface area contributed by atoms with Crippen LogP contribution in [0, 0.1) is 0 Å². The molecular weight excluding hydrogens is 296 g/mol. The first-order valence-corrected chi connectivity index (χ1v) is 7.48. The SMILES string of the molecule is NC(=O)CCOc1ccccc1NS(=O)(=O)c1cnc[nH]1. The minimum absolute atomic E-state index is 0.0433. The molecule has 0 aliphatic carbocycles. The Labute approximate surface area is 121 Å². The van der Waals surface area contributed by atoms with Crippen LogP contribution < -0.4 is 15.2 Å². The molecule has 2 aromatic rings. The highest BCUT2D eigenvalue weighted by Gasteiger charge is 2.17. The highest BCUT2D eigenvalue weighted by atomic mass is 32.2. The molecule has 0 radical (unpaired) electrons. The molecule has 112 valence electrons. The topological polar surface area (TPSA) is 127 Å². The molecule has 4 N–H and O–H groups in total. The summed E-state index contributed by atoms with van der Waals surface area (Å²) in [6.07, 6.45) is 2.50. The van der Waals surface area contributed by atoms with E-state index in [1.165, 1.54) is 12.5 Å². The maximum atomic E-state index is 12.1. The van der Waals surface area contributed by atoms with Crippen molar-refractivity contribution in [1.29, 1.82) is 0 Å². The predicted molar refractivity (Wildman–Crippen MR) is 75.1 cm³/mol. The van der Waals surface area contributed by atoms with E-state index >= 15 is 0 Å². The number of sulfonamides is 1. The van der Waals surface area contributed by atoms with E-state index < -0.39 is 15.9 Å². The van der Waals surface area contributed by atoms with Crippen LogP contribution in [0.15, 0.2) is 41.8 Å². The molecule has 21 heavy (non-hydrogen) atoms. The number of anilines is 1. The van der Waals surface area contributed by atoms with Crippen molar-refractivity contribution in [3.05, 3.63) is 36.8 Å². The summed E-state index contributed by atoms with van der Waals surface area (Å²) >= 11 is 0. The van der Waals surface area contributed by atoms with Gasteiger partial charge in [-0.25, -0.2) is 4.98 Å². The van der Waals surface area contributed by atoms with Crippen molar-refractivity contribution in [1.82, 2.24) is 9.97 Å². The Morgan fingerprint density at radius 2 is 2.14 bits per heavy atom. The second-order valence-electron chi connectivity index (χ2n) is 4.08. The van der Waals surface area contributed by atoms with Gasteiger partial charge in [-0.2, -0.15) is 8.42 Å². The van der Waals surface area contributed by atoms with E-state index in [1.807, 2.05) is 0 Å². The number of hydrogen-bond donors (Lipinski definition) is 3. The van der Waals surface area contributed by atoms with Gasteiger partial charge in [-0.05, 0) is 12.1 Å². The van der Waals surface area contributed by atoms with E-state index in [-0.39, 0.29) is 23.7 Å². The second-order valence-corrected chi connectivity index (χ2v) is 5.73. The number of nitrogens with one attached hydrogen (secondary N) is 2. The highest BCUT2D eigenvalue weighted by Crippen LogP contribution is 2.26. The first-order chi connectivity index (χ1) is 9.99. The average molecular weight is 310 g/mol. The number of para-hydroxylation sites is 2. The summed E-state index contributed by atoms with van der Waals surface area (Å²) in [6.45, 7) is 0.0676. The zero-order chi connectivity index (χ0) is 15.3. The van der Waals surface area contributed by atoms with Crippen molar-refractivity contribution >= 4 is 21.6 Å². The quantitative estimate of drug-likeness (QED) is 0.685. The Morgan fingerprint density at radius 3 is 2.81 bits per heavy atom. The standard InChI is InChI=1S/C12H14N4O4S/c13-11(17)5-6-20-10-4-2-1-3-9(10)16-21(18,19)12-7-14-8-15-12/h1-4,7-8,16H,5-6H2,(H2,13,17)(H,14,15). The Hall–Kier alpha value is -2.55. The van der Waals surface area contributed by atoms with Crippen LogP contribution in [0.5, 0.6) is 5.75 Å². The smallest absolute Gasteiger partial charge is 0.279 e. The number of rotatable bonds is 7. The molecule has 0 fully saturated rings. The summed E-state index contributed by atoms with van der Waals surface area (Å²) in [6, 6.07) is 6.48. The molecule has 2 rings (SSSR count). The number of hydrogen-bond acceptors (Lipinski definition) is 5. The van der Waals surface area contributed by atoms with Crippen LogP contribution in [0.25, 0.3) is 0 Å². The minimum atomic E-state index is -3.77. The lowest BCUT2D eigenvalue weighted by atomic mass is 10.3. The zero-order valence-corrected chi connectivity index (χ0v) is 11.8. The van der Waals surface area contributed by atoms with Gasteiger partial charge in [0, 0.05) is 0 Å². The third-order valence-corrected chi connectivity index (χ3v) is 3.79. The van der Waals surface area contributed by atoms with Crippen LogP contribution in [-0.4, -0.2) is 30.9 Å². The molecule has 1 aromatic heterocycles. The third-order valence-electron chi connectivity index (χ3n) is 2.50. The van der Waals surface area contributed by atoms with Crippen LogP contribution in [0.3, 0.4) is 0 Å². The molecule has 0 aliphatic heterocycles. The van der Waals surface area contributed by atoms with Crippen molar-refractivity contribution < 1.29 is 17.9 Å². The first kappa shape index (κ1) is 14.9. The molecule has 0 atom stereocenters. The van der Waals surface area contributed by atoms with Gasteiger partial charge in [-0.15, -0.1) is 0 Å². The second kappa shape index (κ2) is 6.27. The molecule has 0 spiro atoms. The van der Waals surface area contributed by atoms with E-state index in [0.29, 0.717) is 5.75 Å². The van der Waals surface area contributed by atoms with Crippen molar-refractivity contribution in [2.75, 3.05) is 11.3 Å². The van der Waals surface area contributed by atoms with E-state index in [9.17, 15) is 13.2 Å². The number of nitrogens with zero attached hydrogens (tertiary/aromatic N) is 1. The summed E-state index contributed by atoms with van der Waals surface area (Å²) < 4.78 is 31.9. The van der Waals surface area contributed by atoms with Gasteiger partial charge in [0.25, 0.3) is 10.0 Å². The number of benzene rings is 1. The average Bonchev–Trinajstić information content (AvgIpc) is 2.95. The predicted octanol–water partition coefficient (Wildman–Crippen LogP) is 0.465. The summed E-state index contributed by atoms with van der Waals surface area (Å²) in [7, 11) is -3.77. The molecule has 0 bridgehead atoms. The van der Waals surface area contributed by atoms with E-state index in [0.717, 1.165) is 0 Å². The van der Waals surface area contributed by atoms with Gasteiger partial charge in [0.2, 0.25) is 5.91 Å². The van der Waals surface area contributed by atoms with Gasteiger partial charge in [0.15, 0.2) is 5.03 Å². The maximum absolute atomic E-state index is 12.1. The number of aromatic amines is 1. The molecule has 0 aliphatic rings. The maximum Gasteiger partial charge on any atom is 0.279 e. The fourth-order valence-electron chi connectivity index (χ4n) is 1.53. The fourth-order valence-corrected chi connectivity index (χ4v) is 2.50. The van der Waals surface area contributed by atoms with Crippen LogP contribution in [0.2, 0.25) is 0 Å². The molecule has 9 heteroatoms. The summed E-state index contributed by atoms with van der Waals surface area (Å²) in [5.41, 5.74) is 5.28. The van der Waals surface area contributed by atoms with Crippen molar-refractivity contribution in [2.24, 2.45) is 5.73 Å². The van der Waals surface area contributed by atoms with E-state index in [2.05, 4.69) is 14.7 Å². The fraction of sp³-hybridized carbons (Fsp3) is 0.167. The number of carbonyl (C=O) groups excluding carboxylic acids is 1. The van der Waals surface area contributed by atoms with Crippen LogP contribution in [0.4, 0.5) is 5.69 Å². The molecule has 1 aromatic carbocycles. The number of carbonyl (C=O) groups is 1. The summed E-state index contributed by atoms with van der Waals surface area (Å²) in [5, 5.41) is -0.0607. The summed E-state index contributed by atoms with van der Waals surface area (Å²) in [4.78, 5) is 16.9. The van der Waals surface area contributed by atoms with Gasteiger partial charge < -0.3 is 15.5 Å². The monoisotopic (exact) mass is 310 g/mol. The van der Waals surface area contributed by atoms with Crippen LogP contribution in [-0.2, 0) is 14.8 Å². The Kier molecular flexibility index (Phi) is 4.43. The lowest BCUT2D eigenvalue weighted by Crippen LogP contribution is -2.16. The molecule has 1 amide bonds. The Morgan fingerprint density at radius 1 is 1.38 bits per heavy atom. The summed E-state index contributed by atoms with van der Waals surface area (Å²) in [5.74, 6) is -0.188. The molecule has 0 saturated carbocycles. The highest BCUT2D eigenvalue weighted by molar-refractivity contribution is 7.92. The Bertz CT molecular complexity index is 713. The van der Waals surface area contributed by atoms with Crippen LogP contribution in [0.1, 0.15) is 6.42 Å². The molecule has 0 unspecified atom stereocenters. The van der Waals surface area contributed by atoms with Gasteiger partial charge in [0.1, 0.15) is 5.75 Å². The van der Waals surface area contributed by atoms with Crippen molar-refractivity contribution in [3.63, 3.8) is 0 Å². The zero-order valence-electron chi connectivity index (χ0n) is 10.9. The Balaban J connectivity index is 2.15. The lowest BCUT2D eigenvalue weighted by molar-refractivity contribution is -0.118. The number of nitrogens with two attached hydrogens (primary N) is 1. The molecule has 8 nitrogen and oxygen atoms in total. The number of amides is 1. The van der Waals surface area contributed by atoms with E-state index in [1.54, 1.807) is 24.3 Å². The number of ether oxygens (including phenoxy) is 1.